The second-order valence-corrected chi connectivity index (χ2v) is 8.13. The van der Waals surface area contributed by atoms with E-state index in [2.05, 4.69) is 10.2 Å². The number of quaternary nitrogens is 1. The first kappa shape index (κ1) is 21.8. The Kier molecular flexibility index (Phi) is 6.71. The van der Waals surface area contributed by atoms with Crippen molar-refractivity contribution in [1.29, 1.82) is 0 Å². The van der Waals surface area contributed by atoms with Crippen molar-refractivity contribution in [3.8, 4) is 5.75 Å². The first-order valence-corrected chi connectivity index (χ1v) is 10.9. The summed E-state index contributed by atoms with van der Waals surface area (Å²) in [4.78, 5) is 16.8. The van der Waals surface area contributed by atoms with E-state index in [-0.39, 0.29) is 17.8 Å². The lowest BCUT2D eigenvalue weighted by atomic mass is 10.0. The van der Waals surface area contributed by atoms with E-state index < -0.39 is 0 Å². The molecule has 3 aromatic rings. The van der Waals surface area contributed by atoms with E-state index in [0.717, 1.165) is 29.1 Å². The molecule has 1 atom stereocenters. The molecule has 0 bridgehead atoms. The molecule has 166 valence electrons. The fourth-order valence-corrected chi connectivity index (χ4v) is 4.37. The van der Waals surface area contributed by atoms with Crippen LogP contribution in [0.4, 0.5) is 15.8 Å². The number of anilines is 2. The van der Waals surface area contributed by atoms with E-state index in [0.29, 0.717) is 30.2 Å². The van der Waals surface area contributed by atoms with Crippen LogP contribution in [0.1, 0.15) is 17.2 Å². The zero-order chi connectivity index (χ0) is 22.5. The number of carbonyl (C=O) groups excluding carboxylic acids is 1. The molecule has 0 aromatic heterocycles. The molecule has 1 heterocycles. The molecule has 0 saturated carbocycles. The van der Waals surface area contributed by atoms with Crippen LogP contribution in [0.25, 0.3) is 0 Å². The standard InChI is InChI=1S/C26H28FN3O2/c1-19-12-13-24(32-2)22(18-19)28-26(31)25(20-8-4-3-5-9-20)30-16-14-29(15-17-30)23-11-7-6-10-21(23)27/h3-13,18,25H,14-17H2,1-2H3,(H,28,31)/p+1/t25-/m1/s1. The maximum absolute atomic E-state index is 14.2. The largest absolute Gasteiger partial charge is 0.495 e. The Morgan fingerprint density at radius 2 is 1.72 bits per heavy atom. The van der Waals surface area contributed by atoms with Gasteiger partial charge in [0.25, 0.3) is 5.91 Å². The van der Waals surface area contributed by atoms with E-state index >= 15 is 0 Å². The molecule has 0 radical (unpaired) electrons. The van der Waals surface area contributed by atoms with Crippen LogP contribution in [0.3, 0.4) is 0 Å². The number of piperazine rings is 1. The van der Waals surface area contributed by atoms with Gasteiger partial charge in [0.05, 0.1) is 44.7 Å². The van der Waals surface area contributed by atoms with Crippen LogP contribution in [0, 0.1) is 12.7 Å². The summed E-state index contributed by atoms with van der Waals surface area (Å²) < 4.78 is 19.7. The minimum atomic E-state index is -0.371. The lowest BCUT2D eigenvalue weighted by molar-refractivity contribution is -0.922. The van der Waals surface area contributed by atoms with Crippen LogP contribution in [0.5, 0.6) is 5.75 Å². The average Bonchev–Trinajstić information content (AvgIpc) is 2.81. The average molecular weight is 435 g/mol. The van der Waals surface area contributed by atoms with Crippen molar-refractivity contribution in [3.63, 3.8) is 0 Å². The molecule has 0 spiro atoms. The van der Waals surface area contributed by atoms with Gasteiger partial charge in [-0.05, 0) is 36.8 Å². The molecule has 1 aliphatic heterocycles. The van der Waals surface area contributed by atoms with Crippen molar-refractivity contribution in [3.05, 3.63) is 89.7 Å². The van der Waals surface area contributed by atoms with Crippen LogP contribution < -0.4 is 19.9 Å². The van der Waals surface area contributed by atoms with Crippen LogP contribution in [-0.4, -0.2) is 39.2 Å². The van der Waals surface area contributed by atoms with Gasteiger partial charge in [-0.15, -0.1) is 0 Å². The summed E-state index contributed by atoms with van der Waals surface area (Å²) in [5.74, 6) is 0.351. The van der Waals surface area contributed by atoms with Gasteiger partial charge in [-0.1, -0.05) is 48.5 Å². The minimum Gasteiger partial charge on any atom is -0.495 e. The number of ether oxygens (including phenoxy) is 1. The number of benzene rings is 3. The van der Waals surface area contributed by atoms with Crippen LogP contribution in [0.2, 0.25) is 0 Å². The molecule has 5 nitrogen and oxygen atoms in total. The lowest BCUT2D eigenvalue weighted by Gasteiger charge is -2.37. The Bertz CT molecular complexity index is 1070. The Morgan fingerprint density at radius 3 is 2.41 bits per heavy atom. The van der Waals surface area contributed by atoms with E-state index in [1.165, 1.54) is 6.07 Å². The Hall–Kier alpha value is -3.38. The van der Waals surface area contributed by atoms with Crippen molar-refractivity contribution >= 4 is 17.3 Å². The zero-order valence-electron chi connectivity index (χ0n) is 18.5. The SMILES string of the molecule is COc1ccc(C)cc1NC(=O)[C@@H](c1ccccc1)[NH+]1CCN(c2ccccc2F)CC1. The van der Waals surface area contributed by atoms with Gasteiger partial charge in [-0.2, -0.15) is 0 Å². The van der Waals surface area contributed by atoms with Crippen LogP contribution >= 0.6 is 0 Å². The van der Waals surface area contributed by atoms with Crippen LogP contribution in [-0.2, 0) is 4.79 Å². The predicted molar refractivity (Wildman–Crippen MR) is 125 cm³/mol. The van der Waals surface area contributed by atoms with E-state index in [4.69, 9.17) is 4.74 Å². The maximum Gasteiger partial charge on any atom is 0.287 e. The summed E-state index contributed by atoms with van der Waals surface area (Å²) in [6, 6.07) is 22.1. The molecule has 1 amide bonds. The molecule has 0 unspecified atom stereocenters. The van der Waals surface area contributed by atoms with E-state index in [1.807, 2.05) is 67.6 Å². The third-order valence-corrected chi connectivity index (χ3v) is 6.02. The minimum absolute atomic E-state index is 0.0746. The first-order chi connectivity index (χ1) is 15.6. The fraction of sp³-hybridized carbons (Fsp3) is 0.269. The molecular formula is C26H29FN3O2+. The highest BCUT2D eigenvalue weighted by Crippen LogP contribution is 2.26. The van der Waals surface area contributed by atoms with E-state index in [1.54, 1.807) is 13.2 Å². The molecule has 1 fully saturated rings. The molecule has 4 rings (SSSR count). The van der Waals surface area contributed by atoms with Crippen LogP contribution in [0.15, 0.2) is 72.8 Å². The number of carbonyl (C=O) groups is 1. The molecule has 0 aliphatic carbocycles. The summed E-state index contributed by atoms with van der Waals surface area (Å²) in [6.45, 7) is 4.80. The van der Waals surface area contributed by atoms with Crippen molar-refractivity contribution in [1.82, 2.24) is 0 Å². The number of hydrogen-bond donors (Lipinski definition) is 2. The highest BCUT2D eigenvalue weighted by atomic mass is 19.1. The third-order valence-electron chi connectivity index (χ3n) is 6.02. The van der Waals surface area contributed by atoms with Gasteiger partial charge >= 0.3 is 0 Å². The molecule has 2 N–H and O–H groups in total. The maximum atomic E-state index is 14.2. The first-order valence-electron chi connectivity index (χ1n) is 10.9. The number of para-hydroxylation sites is 1. The number of nitrogens with one attached hydrogen (secondary N) is 2. The highest BCUT2D eigenvalue weighted by Gasteiger charge is 2.35. The van der Waals surface area contributed by atoms with Gasteiger partial charge in [0.15, 0.2) is 6.04 Å². The number of methoxy groups -OCH3 is 1. The van der Waals surface area contributed by atoms with Crippen molar-refractivity contribution in [2.75, 3.05) is 43.5 Å². The third kappa shape index (κ3) is 4.75. The van der Waals surface area contributed by atoms with Gasteiger partial charge < -0.3 is 19.9 Å². The number of rotatable bonds is 6. The van der Waals surface area contributed by atoms with Gasteiger partial charge in [0.2, 0.25) is 0 Å². The van der Waals surface area contributed by atoms with Gasteiger partial charge in [0.1, 0.15) is 11.6 Å². The normalized spacial score (nSPS) is 15.3. The Labute approximate surface area is 188 Å². The van der Waals surface area contributed by atoms with Crippen molar-refractivity contribution < 1.29 is 18.8 Å². The second-order valence-electron chi connectivity index (χ2n) is 8.13. The molecule has 6 heteroatoms. The molecule has 1 aliphatic rings. The smallest absolute Gasteiger partial charge is 0.287 e. The highest BCUT2D eigenvalue weighted by molar-refractivity contribution is 5.96. The van der Waals surface area contributed by atoms with Crippen molar-refractivity contribution in [2.45, 2.75) is 13.0 Å². The topological polar surface area (TPSA) is 46.0 Å². The summed E-state index contributed by atoms with van der Waals surface area (Å²) in [5.41, 5.74) is 3.30. The molecule has 32 heavy (non-hydrogen) atoms. The van der Waals surface area contributed by atoms with Gasteiger partial charge in [-0.3, -0.25) is 4.79 Å². The Morgan fingerprint density at radius 1 is 1.03 bits per heavy atom. The second kappa shape index (κ2) is 9.83. The van der Waals surface area contributed by atoms with Crippen molar-refractivity contribution in [2.24, 2.45) is 0 Å². The Balaban J connectivity index is 1.55. The van der Waals surface area contributed by atoms with E-state index in [9.17, 15) is 9.18 Å². The molecular weight excluding hydrogens is 405 g/mol. The summed E-state index contributed by atoms with van der Waals surface area (Å²) in [7, 11) is 1.60. The summed E-state index contributed by atoms with van der Waals surface area (Å²) in [6.07, 6.45) is 0. The van der Waals surface area contributed by atoms with Gasteiger partial charge in [0, 0.05) is 5.56 Å². The number of aryl methyl sites for hydroxylation is 1. The predicted octanol–water partition coefficient (Wildman–Crippen LogP) is 3.23. The summed E-state index contributed by atoms with van der Waals surface area (Å²) in [5, 5.41) is 3.09. The number of amides is 1. The lowest BCUT2D eigenvalue weighted by Crippen LogP contribution is -3.16. The molecule has 3 aromatic carbocycles. The summed E-state index contributed by atoms with van der Waals surface area (Å²) >= 11 is 0. The quantitative estimate of drug-likeness (QED) is 0.626. The molecule has 1 saturated heterocycles. The monoisotopic (exact) mass is 434 g/mol. The number of halogens is 1. The zero-order valence-corrected chi connectivity index (χ0v) is 18.5. The van der Waals surface area contributed by atoms with Gasteiger partial charge in [-0.25, -0.2) is 4.39 Å². The fourth-order valence-electron chi connectivity index (χ4n) is 4.37. The number of nitrogens with zero attached hydrogens (tertiary/aromatic N) is 1. The number of hydrogen-bond acceptors (Lipinski definition) is 3.